The average molecular weight is 351 g/mol. The summed E-state index contributed by atoms with van der Waals surface area (Å²) in [6.45, 7) is 0.429. The van der Waals surface area contributed by atoms with Gasteiger partial charge in [-0.2, -0.15) is 5.26 Å². The molecule has 0 aliphatic carbocycles. The van der Waals surface area contributed by atoms with Crippen molar-refractivity contribution in [1.82, 2.24) is 5.32 Å². The Morgan fingerprint density at radius 3 is 2.50 bits per heavy atom. The fourth-order valence-corrected chi connectivity index (χ4v) is 2.27. The van der Waals surface area contributed by atoms with Crippen LogP contribution in [0.15, 0.2) is 60.3 Å². The molecule has 0 radical (unpaired) electrons. The molecule has 2 rings (SSSR count). The van der Waals surface area contributed by atoms with Gasteiger partial charge in [0.15, 0.2) is 0 Å². The molecule has 0 spiro atoms. The van der Waals surface area contributed by atoms with Gasteiger partial charge in [-0.15, -0.1) is 0 Å². The van der Waals surface area contributed by atoms with E-state index in [0.29, 0.717) is 24.4 Å². The minimum absolute atomic E-state index is 0.00867. The van der Waals surface area contributed by atoms with E-state index >= 15 is 0 Å². The smallest absolute Gasteiger partial charge is 0.263 e. The quantitative estimate of drug-likeness (QED) is 0.564. The largest absolute Gasteiger partial charge is 0.497 e. The number of nitrogens with one attached hydrogen (secondary N) is 2. The summed E-state index contributed by atoms with van der Waals surface area (Å²) in [6, 6.07) is 16.8. The SMILES string of the molecule is COc1ccc(CCNC(=O)/C(C#N)=C\Nc2ccccc2OC)cc1. The normalized spacial score (nSPS) is 10.6. The predicted molar refractivity (Wildman–Crippen MR) is 100 cm³/mol. The standard InChI is InChI=1S/C20H21N3O3/c1-25-17-9-7-15(8-10-17)11-12-22-20(24)16(13-21)14-23-18-5-3-4-6-19(18)26-2/h3-10,14,23H,11-12H2,1-2H3,(H,22,24)/b16-14-. The van der Waals surface area contributed by atoms with Crippen LogP contribution in [-0.4, -0.2) is 26.7 Å². The van der Waals surface area contributed by atoms with Crippen molar-refractivity contribution < 1.29 is 14.3 Å². The Morgan fingerprint density at radius 2 is 1.85 bits per heavy atom. The van der Waals surface area contributed by atoms with Crippen molar-refractivity contribution in [3.05, 3.63) is 65.9 Å². The van der Waals surface area contributed by atoms with Crippen molar-refractivity contribution in [2.24, 2.45) is 0 Å². The fourth-order valence-electron chi connectivity index (χ4n) is 2.27. The summed E-state index contributed by atoms with van der Waals surface area (Å²) in [4.78, 5) is 12.1. The third-order valence-electron chi connectivity index (χ3n) is 3.70. The molecule has 2 N–H and O–H groups in total. The minimum atomic E-state index is -0.427. The van der Waals surface area contributed by atoms with Crippen LogP contribution in [0.5, 0.6) is 11.5 Å². The Bertz CT molecular complexity index is 808. The second-order valence-corrected chi connectivity index (χ2v) is 5.37. The molecule has 2 aromatic rings. The second kappa shape index (κ2) is 9.74. The lowest BCUT2D eigenvalue weighted by Crippen LogP contribution is -2.27. The molecular weight excluding hydrogens is 330 g/mol. The molecule has 1 amide bonds. The molecule has 0 aliphatic heterocycles. The monoisotopic (exact) mass is 351 g/mol. The highest BCUT2D eigenvalue weighted by molar-refractivity contribution is 5.97. The summed E-state index contributed by atoms with van der Waals surface area (Å²) in [5.41, 5.74) is 1.74. The first-order valence-corrected chi connectivity index (χ1v) is 8.09. The van der Waals surface area contributed by atoms with E-state index in [1.807, 2.05) is 42.5 Å². The van der Waals surface area contributed by atoms with Crippen LogP contribution < -0.4 is 20.1 Å². The van der Waals surface area contributed by atoms with E-state index in [1.54, 1.807) is 26.4 Å². The number of rotatable bonds is 8. The molecule has 6 heteroatoms. The fraction of sp³-hybridized carbons (Fsp3) is 0.200. The van der Waals surface area contributed by atoms with Crippen molar-refractivity contribution in [2.45, 2.75) is 6.42 Å². The van der Waals surface area contributed by atoms with Crippen LogP contribution in [-0.2, 0) is 11.2 Å². The Balaban J connectivity index is 1.90. The van der Waals surface area contributed by atoms with Crippen molar-refractivity contribution in [3.63, 3.8) is 0 Å². The van der Waals surface area contributed by atoms with Crippen LogP contribution in [0, 0.1) is 11.3 Å². The highest BCUT2D eigenvalue weighted by atomic mass is 16.5. The van der Waals surface area contributed by atoms with E-state index in [9.17, 15) is 10.1 Å². The Labute approximate surface area is 153 Å². The lowest BCUT2D eigenvalue weighted by Gasteiger charge is -2.08. The maximum atomic E-state index is 12.1. The number of anilines is 1. The van der Waals surface area contributed by atoms with Gasteiger partial charge in [-0.3, -0.25) is 4.79 Å². The van der Waals surface area contributed by atoms with Gasteiger partial charge in [-0.25, -0.2) is 0 Å². The summed E-state index contributed by atoms with van der Waals surface area (Å²) >= 11 is 0. The number of ether oxygens (including phenoxy) is 2. The molecule has 0 heterocycles. The molecule has 0 unspecified atom stereocenters. The molecule has 0 saturated heterocycles. The van der Waals surface area contributed by atoms with E-state index in [-0.39, 0.29) is 5.57 Å². The lowest BCUT2D eigenvalue weighted by molar-refractivity contribution is -0.117. The molecule has 134 valence electrons. The average Bonchev–Trinajstić information content (AvgIpc) is 2.69. The van der Waals surface area contributed by atoms with Crippen LogP contribution in [0.4, 0.5) is 5.69 Å². The molecule has 26 heavy (non-hydrogen) atoms. The second-order valence-electron chi connectivity index (χ2n) is 5.37. The van der Waals surface area contributed by atoms with Gasteiger partial charge in [0.25, 0.3) is 5.91 Å². The highest BCUT2D eigenvalue weighted by Gasteiger charge is 2.09. The third-order valence-corrected chi connectivity index (χ3v) is 3.70. The first-order valence-electron chi connectivity index (χ1n) is 8.09. The summed E-state index contributed by atoms with van der Waals surface area (Å²) in [6.07, 6.45) is 2.04. The molecule has 0 atom stereocenters. The zero-order valence-corrected chi connectivity index (χ0v) is 14.8. The number of nitrogens with zero attached hydrogens (tertiary/aromatic N) is 1. The molecule has 6 nitrogen and oxygen atoms in total. The first-order chi connectivity index (χ1) is 12.7. The van der Waals surface area contributed by atoms with E-state index in [4.69, 9.17) is 9.47 Å². The maximum absolute atomic E-state index is 12.1. The van der Waals surface area contributed by atoms with Gasteiger partial charge < -0.3 is 20.1 Å². The lowest BCUT2D eigenvalue weighted by atomic mass is 10.1. The Kier molecular flexibility index (Phi) is 7.07. The summed E-state index contributed by atoms with van der Waals surface area (Å²) in [7, 11) is 3.17. The number of para-hydroxylation sites is 2. The number of hydrogen-bond donors (Lipinski definition) is 2. The zero-order valence-electron chi connectivity index (χ0n) is 14.8. The number of benzene rings is 2. The molecule has 0 aliphatic rings. The van der Waals surface area contributed by atoms with Crippen molar-refractivity contribution in [3.8, 4) is 17.6 Å². The number of nitriles is 1. The number of carbonyl (C=O) groups excluding carboxylic acids is 1. The van der Waals surface area contributed by atoms with Crippen LogP contribution in [0.2, 0.25) is 0 Å². The van der Waals surface area contributed by atoms with E-state index in [2.05, 4.69) is 10.6 Å². The minimum Gasteiger partial charge on any atom is -0.497 e. The number of amides is 1. The van der Waals surface area contributed by atoms with Gasteiger partial charge in [0.05, 0.1) is 19.9 Å². The van der Waals surface area contributed by atoms with Crippen molar-refractivity contribution in [2.75, 3.05) is 26.1 Å². The van der Waals surface area contributed by atoms with Crippen LogP contribution >= 0.6 is 0 Å². The molecule has 0 bridgehead atoms. The molecular formula is C20H21N3O3. The van der Waals surface area contributed by atoms with Gasteiger partial charge in [0, 0.05) is 12.7 Å². The number of hydrogen-bond acceptors (Lipinski definition) is 5. The Morgan fingerprint density at radius 1 is 1.12 bits per heavy atom. The molecule has 0 aromatic heterocycles. The van der Waals surface area contributed by atoms with Crippen molar-refractivity contribution >= 4 is 11.6 Å². The van der Waals surface area contributed by atoms with Crippen LogP contribution in [0.1, 0.15) is 5.56 Å². The third kappa shape index (κ3) is 5.28. The van der Waals surface area contributed by atoms with Crippen LogP contribution in [0.3, 0.4) is 0 Å². The van der Waals surface area contributed by atoms with E-state index in [0.717, 1.165) is 11.3 Å². The topological polar surface area (TPSA) is 83.4 Å². The maximum Gasteiger partial charge on any atom is 0.263 e. The highest BCUT2D eigenvalue weighted by Crippen LogP contribution is 2.23. The van der Waals surface area contributed by atoms with Crippen molar-refractivity contribution in [1.29, 1.82) is 5.26 Å². The molecule has 2 aromatic carbocycles. The predicted octanol–water partition coefficient (Wildman–Crippen LogP) is 2.88. The summed E-state index contributed by atoms with van der Waals surface area (Å²) < 4.78 is 10.3. The van der Waals surface area contributed by atoms with Gasteiger partial charge in [0.2, 0.25) is 0 Å². The van der Waals surface area contributed by atoms with Gasteiger partial charge in [0.1, 0.15) is 23.1 Å². The molecule has 0 fully saturated rings. The van der Waals surface area contributed by atoms with Gasteiger partial charge in [-0.1, -0.05) is 24.3 Å². The summed E-state index contributed by atoms with van der Waals surface area (Å²) in [5, 5.41) is 14.9. The van der Waals surface area contributed by atoms with E-state index < -0.39 is 5.91 Å². The number of methoxy groups -OCH3 is 2. The van der Waals surface area contributed by atoms with Gasteiger partial charge >= 0.3 is 0 Å². The molecule has 0 saturated carbocycles. The zero-order chi connectivity index (χ0) is 18.8. The summed E-state index contributed by atoms with van der Waals surface area (Å²) in [5.74, 6) is 0.985. The van der Waals surface area contributed by atoms with Crippen LogP contribution in [0.25, 0.3) is 0 Å². The Hall–Kier alpha value is -3.46. The van der Waals surface area contributed by atoms with E-state index in [1.165, 1.54) is 6.20 Å². The first kappa shape index (κ1) is 18.9. The number of carbonyl (C=O) groups is 1. The van der Waals surface area contributed by atoms with Gasteiger partial charge in [-0.05, 0) is 36.2 Å².